The Labute approximate surface area is 145 Å². The molecule has 4 heteroatoms. The Morgan fingerprint density at radius 3 is 2.54 bits per heavy atom. The van der Waals surface area contributed by atoms with Gasteiger partial charge in [0.15, 0.2) is 0 Å². The molecule has 2 atom stereocenters. The van der Waals surface area contributed by atoms with Crippen LogP contribution >= 0.6 is 0 Å². The van der Waals surface area contributed by atoms with Crippen LogP contribution in [0.25, 0.3) is 0 Å². The Bertz CT molecular complexity index is 666. The van der Waals surface area contributed by atoms with Gasteiger partial charge in [0, 0.05) is 11.6 Å². The van der Waals surface area contributed by atoms with Gasteiger partial charge in [0.25, 0.3) is 5.91 Å². The van der Waals surface area contributed by atoms with Crippen LogP contribution in [-0.4, -0.2) is 34.3 Å². The van der Waals surface area contributed by atoms with Gasteiger partial charge in [-0.1, -0.05) is 10.7 Å². The van der Waals surface area contributed by atoms with E-state index in [0.29, 0.717) is 29.0 Å². The summed E-state index contributed by atoms with van der Waals surface area (Å²) in [6.07, 6.45) is 10.4. The highest BCUT2D eigenvalue weighted by atomic mass is 16.2. The molecule has 1 N–H and O–H groups in total. The third-order valence-electron chi connectivity index (χ3n) is 6.39. The van der Waals surface area contributed by atoms with E-state index >= 15 is 0 Å². The quantitative estimate of drug-likeness (QED) is 0.771. The molecule has 2 heterocycles. The highest BCUT2D eigenvalue weighted by Gasteiger charge is 2.50. The minimum atomic E-state index is -0.0127. The molecule has 24 heavy (non-hydrogen) atoms. The van der Waals surface area contributed by atoms with E-state index in [-0.39, 0.29) is 11.4 Å². The molecule has 4 nitrogen and oxygen atoms in total. The molecule has 2 aliphatic carbocycles. The van der Waals surface area contributed by atoms with Crippen LogP contribution < -0.4 is 5.32 Å². The summed E-state index contributed by atoms with van der Waals surface area (Å²) in [4.78, 5) is 13.1. The summed E-state index contributed by atoms with van der Waals surface area (Å²) in [5.41, 5.74) is 3.50. The molecule has 0 spiro atoms. The molecule has 4 aliphatic rings. The largest absolute Gasteiger partial charge is 0.346 e. The second kappa shape index (κ2) is 5.29. The van der Waals surface area contributed by atoms with Crippen LogP contribution in [0.3, 0.4) is 0 Å². The van der Waals surface area contributed by atoms with Gasteiger partial charge in [-0.15, -0.1) is 0 Å². The molecule has 0 bridgehead atoms. The standard InChI is InChI=1S/C20H29N3O/c1-13(2)23(10-9-14(3)22-23)12-18-17(15-5-6-15)11-20(4,16-7-8-16)21-19(18)24/h9-10,13,15-16H,5-8,11-12H2,1-4H3/p+1. The molecular weight excluding hydrogens is 298 g/mol. The van der Waals surface area contributed by atoms with Gasteiger partial charge >= 0.3 is 0 Å². The number of nitrogens with one attached hydrogen (secondary N) is 1. The number of carbonyl (C=O) groups excluding carboxylic acids is 1. The van der Waals surface area contributed by atoms with Crippen LogP contribution in [0.1, 0.15) is 59.8 Å². The maximum Gasteiger partial charge on any atom is 0.253 e. The number of carbonyl (C=O) groups is 1. The average molecular weight is 328 g/mol. The molecule has 0 aromatic heterocycles. The van der Waals surface area contributed by atoms with Crippen molar-refractivity contribution in [2.45, 2.75) is 71.4 Å². The van der Waals surface area contributed by atoms with E-state index < -0.39 is 0 Å². The van der Waals surface area contributed by atoms with Crippen molar-refractivity contribution in [3.63, 3.8) is 0 Å². The minimum absolute atomic E-state index is 0.0127. The zero-order chi connectivity index (χ0) is 17.1. The van der Waals surface area contributed by atoms with Crippen molar-refractivity contribution in [1.82, 2.24) is 5.32 Å². The molecule has 1 amide bonds. The van der Waals surface area contributed by atoms with Crippen LogP contribution in [0.15, 0.2) is 28.5 Å². The van der Waals surface area contributed by atoms with Gasteiger partial charge in [0.2, 0.25) is 0 Å². The van der Waals surface area contributed by atoms with E-state index in [1.165, 1.54) is 31.3 Å². The maximum absolute atomic E-state index is 13.1. The Balaban J connectivity index is 1.69. The zero-order valence-corrected chi connectivity index (χ0v) is 15.4. The number of allylic oxidation sites excluding steroid dienone is 1. The molecule has 2 unspecified atom stereocenters. The van der Waals surface area contributed by atoms with E-state index in [4.69, 9.17) is 5.10 Å². The third-order valence-corrected chi connectivity index (χ3v) is 6.39. The first-order valence-electron chi connectivity index (χ1n) is 9.51. The summed E-state index contributed by atoms with van der Waals surface area (Å²) >= 11 is 0. The zero-order valence-electron chi connectivity index (χ0n) is 15.4. The molecule has 0 aromatic carbocycles. The van der Waals surface area contributed by atoms with Crippen molar-refractivity contribution in [3.05, 3.63) is 23.4 Å². The Kier molecular flexibility index (Phi) is 3.54. The lowest BCUT2D eigenvalue weighted by molar-refractivity contribution is -0.900. The summed E-state index contributed by atoms with van der Waals surface area (Å²) in [6, 6.07) is 0.330. The lowest BCUT2D eigenvalue weighted by Crippen LogP contribution is -2.55. The second-order valence-corrected chi connectivity index (χ2v) is 8.80. The van der Waals surface area contributed by atoms with E-state index in [0.717, 1.165) is 17.7 Å². The normalized spacial score (nSPS) is 36.4. The van der Waals surface area contributed by atoms with Gasteiger partial charge in [0.05, 0.1) is 11.3 Å². The molecule has 0 radical (unpaired) electrons. The van der Waals surface area contributed by atoms with Crippen LogP contribution in [0.4, 0.5) is 0 Å². The fourth-order valence-electron chi connectivity index (χ4n) is 4.40. The maximum atomic E-state index is 13.1. The predicted molar refractivity (Wildman–Crippen MR) is 96.2 cm³/mol. The van der Waals surface area contributed by atoms with Gasteiger partial charge in [-0.05, 0) is 71.6 Å². The summed E-state index contributed by atoms with van der Waals surface area (Å²) in [7, 11) is 0. The topological polar surface area (TPSA) is 41.5 Å². The predicted octanol–water partition coefficient (Wildman–Crippen LogP) is 3.51. The van der Waals surface area contributed by atoms with Gasteiger partial charge in [-0.3, -0.25) is 4.79 Å². The van der Waals surface area contributed by atoms with Crippen molar-refractivity contribution >= 4 is 11.6 Å². The number of hydrogen-bond acceptors (Lipinski definition) is 2. The lowest BCUT2D eigenvalue weighted by atomic mass is 9.80. The van der Waals surface area contributed by atoms with Crippen molar-refractivity contribution in [3.8, 4) is 0 Å². The summed E-state index contributed by atoms with van der Waals surface area (Å²) in [5, 5.41) is 8.25. The fraction of sp³-hybridized carbons (Fsp3) is 0.700. The van der Waals surface area contributed by atoms with Crippen molar-refractivity contribution < 1.29 is 9.39 Å². The van der Waals surface area contributed by atoms with Crippen molar-refractivity contribution in [2.24, 2.45) is 16.9 Å². The highest BCUT2D eigenvalue weighted by molar-refractivity contribution is 5.96. The summed E-state index contributed by atoms with van der Waals surface area (Å²) in [5.74, 6) is 1.49. The first-order valence-corrected chi connectivity index (χ1v) is 9.51. The number of amides is 1. The molecule has 0 aromatic rings. The smallest absolute Gasteiger partial charge is 0.253 e. The monoisotopic (exact) mass is 328 g/mol. The van der Waals surface area contributed by atoms with E-state index in [1.807, 2.05) is 6.92 Å². The summed E-state index contributed by atoms with van der Waals surface area (Å²) in [6.45, 7) is 9.38. The van der Waals surface area contributed by atoms with Crippen LogP contribution in [0.5, 0.6) is 0 Å². The number of rotatable bonds is 5. The molecule has 4 rings (SSSR count). The van der Waals surface area contributed by atoms with Crippen LogP contribution in [0, 0.1) is 11.8 Å². The number of hydrogen-bond donors (Lipinski definition) is 1. The molecule has 130 valence electrons. The van der Waals surface area contributed by atoms with Gasteiger partial charge in [-0.25, -0.2) is 0 Å². The lowest BCUT2D eigenvalue weighted by Gasteiger charge is -2.39. The molecule has 2 aliphatic heterocycles. The van der Waals surface area contributed by atoms with Gasteiger partial charge < -0.3 is 5.32 Å². The van der Waals surface area contributed by atoms with E-state index in [2.05, 4.69) is 38.4 Å². The molecule has 0 saturated heterocycles. The third kappa shape index (κ3) is 2.65. The van der Waals surface area contributed by atoms with Crippen molar-refractivity contribution in [1.29, 1.82) is 0 Å². The number of nitrogens with zero attached hydrogens (tertiary/aromatic N) is 2. The Morgan fingerprint density at radius 2 is 2.04 bits per heavy atom. The Morgan fingerprint density at radius 1 is 1.33 bits per heavy atom. The molecule has 2 fully saturated rings. The first kappa shape index (κ1) is 16.1. The van der Waals surface area contributed by atoms with E-state index in [9.17, 15) is 4.79 Å². The van der Waals surface area contributed by atoms with Gasteiger partial charge in [0.1, 0.15) is 18.8 Å². The first-order chi connectivity index (χ1) is 11.3. The number of quaternary nitrogens is 1. The minimum Gasteiger partial charge on any atom is -0.346 e. The highest BCUT2D eigenvalue weighted by Crippen LogP contribution is 2.50. The molecular formula is C20H30N3O+. The van der Waals surface area contributed by atoms with Crippen molar-refractivity contribution in [2.75, 3.05) is 6.54 Å². The van der Waals surface area contributed by atoms with Gasteiger partial charge in [-0.2, -0.15) is 4.59 Å². The summed E-state index contributed by atoms with van der Waals surface area (Å²) < 4.78 is 0.533. The van der Waals surface area contributed by atoms with Crippen LogP contribution in [-0.2, 0) is 4.79 Å². The Hall–Kier alpha value is -1.42. The van der Waals surface area contributed by atoms with E-state index in [1.54, 1.807) is 0 Å². The molecule has 2 saturated carbocycles. The average Bonchev–Trinajstić information content (AvgIpc) is 3.39. The fourth-order valence-corrected chi connectivity index (χ4v) is 4.40. The second-order valence-electron chi connectivity index (χ2n) is 8.80. The SMILES string of the molecule is CC1=N[N+](CC2=C(C3CC3)CC(C)(C3CC3)NC2=O)(C(C)C)C=C1. The van der Waals surface area contributed by atoms with Crippen LogP contribution in [0.2, 0.25) is 0 Å².